The molecule has 19 heavy (non-hydrogen) atoms. The van der Waals surface area contributed by atoms with E-state index in [-0.39, 0.29) is 5.91 Å². The van der Waals surface area contributed by atoms with Crippen LogP contribution < -0.4 is 0 Å². The molecular weight excluding hydrogens is 302 g/mol. The van der Waals surface area contributed by atoms with Crippen molar-refractivity contribution >= 4 is 21.8 Å². The Morgan fingerprint density at radius 1 is 1.32 bits per heavy atom. The molecule has 1 saturated heterocycles. The molecule has 2 aliphatic rings. The number of carbonyl (C=O) groups is 1. The monoisotopic (exact) mass is 321 g/mol. The van der Waals surface area contributed by atoms with Crippen LogP contribution >= 0.6 is 15.9 Å². The standard InChI is InChI=1S/C16H20BrNO/c1-11-7-8-18(10-15(11)17)16(19)14-6-5-12-3-2-4-13(12)9-14/h5-6,9,11,15H,2-4,7-8,10H2,1H3. The third-order valence-electron chi connectivity index (χ3n) is 4.50. The fraction of sp³-hybridized carbons (Fsp3) is 0.562. The Morgan fingerprint density at radius 2 is 2.11 bits per heavy atom. The second kappa shape index (κ2) is 5.28. The molecule has 2 atom stereocenters. The molecule has 1 aromatic carbocycles. The summed E-state index contributed by atoms with van der Waals surface area (Å²) in [6, 6.07) is 6.27. The summed E-state index contributed by atoms with van der Waals surface area (Å²) in [5.74, 6) is 0.857. The van der Waals surface area contributed by atoms with Crippen molar-refractivity contribution < 1.29 is 4.79 Å². The smallest absolute Gasteiger partial charge is 0.253 e. The Morgan fingerprint density at radius 3 is 2.89 bits per heavy atom. The number of amides is 1. The van der Waals surface area contributed by atoms with Crippen LogP contribution in [0.15, 0.2) is 18.2 Å². The van der Waals surface area contributed by atoms with Crippen LogP contribution in [-0.4, -0.2) is 28.7 Å². The summed E-state index contributed by atoms with van der Waals surface area (Å²) in [4.78, 5) is 15.0. The summed E-state index contributed by atoms with van der Waals surface area (Å²) in [5, 5.41) is 0. The summed E-state index contributed by atoms with van der Waals surface area (Å²) in [6.45, 7) is 3.97. The van der Waals surface area contributed by atoms with Gasteiger partial charge in [-0.3, -0.25) is 4.79 Å². The number of piperidine rings is 1. The molecular formula is C16H20BrNO. The zero-order valence-electron chi connectivity index (χ0n) is 11.4. The van der Waals surface area contributed by atoms with Gasteiger partial charge in [-0.2, -0.15) is 0 Å². The van der Waals surface area contributed by atoms with Crippen molar-refractivity contribution in [1.29, 1.82) is 0 Å². The molecule has 3 rings (SSSR count). The maximum absolute atomic E-state index is 12.6. The second-order valence-corrected chi connectivity index (χ2v) is 7.05. The molecule has 1 fully saturated rings. The van der Waals surface area contributed by atoms with Crippen molar-refractivity contribution in [2.45, 2.75) is 37.4 Å². The van der Waals surface area contributed by atoms with Crippen LogP contribution in [0.25, 0.3) is 0 Å². The summed E-state index contributed by atoms with van der Waals surface area (Å²) >= 11 is 3.69. The lowest BCUT2D eigenvalue weighted by Crippen LogP contribution is -2.43. The first-order valence-electron chi connectivity index (χ1n) is 7.20. The zero-order chi connectivity index (χ0) is 13.4. The van der Waals surface area contributed by atoms with Crippen molar-refractivity contribution in [3.63, 3.8) is 0 Å². The highest BCUT2D eigenvalue weighted by molar-refractivity contribution is 9.09. The fourth-order valence-electron chi connectivity index (χ4n) is 3.09. The number of likely N-dealkylation sites (tertiary alicyclic amines) is 1. The Labute approximate surface area is 123 Å². The average Bonchev–Trinajstić information content (AvgIpc) is 2.88. The first kappa shape index (κ1) is 13.2. The molecule has 0 bridgehead atoms. The van der Waals surface area contributed by atoms with Crippen molar-refractivity contribution in [3.8, 4) is 0 Å². The van der Waals surface area contributed by atoms with Crippen LogP contribution in [0.4, 0.5) is 0 Å². The molecule has 2 unspecified atom stereocenters. The molecule has 1 aliphatic heterocycles. The predicted molar refractivity (Wildman–Crippen MR) is 80.9 cm³/mol. The molecule has 2 nitrogen and oxygen atoms in total. The molecule has 0 radical (unpaired) electrons. The van der Waals surface area contributed by atoms with E-state index in [0.717, 1.165) is 31.5 Å². The number of carbonyl (C=O) groups excluding carboxylic acids is 1. The summed E-state index contributed by atoms with van der Waals surface area (Å²) < 4.78 is 0. The highest BCUT2D eigenvalue weighted by atomic mass is 79.9. The van der Waals surface area contributed by atoms with Crippen molar-refractivity contribution in [1.82, 2.24) is 4.90 Å². The van der Waals surface area contributed by atoms with Gasteiger partial charge in [0.25, 0.3) is 5.91 Å². The van der Waals surface area contributed by atoms with Gasteiger partial charge < -0.3 is 4.90 Å². The fourth-order valence-corrected chi connectivity index (χ4v) is 3.71. The van der Waals surface area contributed by atoms with Gasteiger partial charge in [0.05, 0.1) is 0 Å². The summed E-state index contributed by atoms with van der Waals surface area (Å²) in [5.41, 5.74) is 3.68. The number of hydrogen-bond acceptors (Lipinski definition) is 1. The molecule has 1 aliphatic carbocycles. The minimum Gasteiger partial charge on any atom is -0.338 e. The van der Waals surface area contributed by atoms with E-state index in [9.17, 15) is 4.79 Å². The van der Waals surface area contributed by atoms with Crippen LogP contribution in [-0.2, 0) is 12.8 Å². The Balaban J connectivity index is 1.77. The van der Waals surface area contributed by atoms with Crippen LogP contribution in [0.1, 0.15) is 41.3 Å². The molecule has 102 valence electrons. The Hall–Kier alpha value is -0.830. The Kier molecular flexibility index (Phi) is 3.66. The van der Waals surface area contributed by atoms with Gasteiger partial charge in [-0.15, -0.1) is 0 Å². The number of hydrogen-bond donors (Lipinski definition) is 0. The molecule has 1 amide bonds. The lowest BCUT2D eigenvalue weighted by atomic mass is 9.98. The Bertz CT molecular complexity index is 500. The number of nitrogens with zero attached hydrogens (tertiary/aromatic N) is 1. The quantitative estimate of drug-likeness (QED) is 0.726. The van der Waals surface area contributed by atoms with E-state index in [2.05, 4.69) is 35.0 Å². The maximum Gasteiger partial charge on any atom is 0.253 e. The molecule has 1 aromatic rings. The molecule has 0 saturated carbocycles. The minimum absolute atomic E-state index is 0.200. The molecule has 3 heteroatoms. The summed E-state index contributed by atoms with van der Waals surface area (Å²) in [7, 11) is 0. The van der Waals surface area contributed by atoms with Crippen LogP contribution in [0.2, 0.25) is 0 Å². The number of halogens is 1. The lowest BCUT2D eigenvalue weighted by Gasteiger charge is -2.34. The van der Waals surface area contributed by atoms with E-state index in [1.807, 2.05) is 11.0 Å². The SMILES string of the molecule is CC1CCN(C(=O)c2ccc3c(c2)CCC3)CC1Br. The van der Waals surface area contributed by atoms with Crippen LogP contribution in [0.3, 0.4) is 0 Å². The van der Waals surface area contributed by atoms with Gasteiger partial charge in [-0.1, -0.05) is 28.9 Å². The largest absolute Gasteiger partial charge is 0.338 e. The summed E-state index contributed by atoms with van der Waals surface area (Å²) in [6.07, 6.45) is 4.63. The van der Waals surface area contributed by atoms with Gasteiger partial charge in [0.1, 0.15) is 0 Å². The predicted octanol–water partition coefficient (Wildman–Crippen LogP) is 3.42. The number of rotatable bonds is 1. The highest BCUT2D eigenvalue weighted by Crippen LogP contribution is 2.26. The van der Waals surface area contributed by atoms with Crippen molar-refractivity contribution in [2.75, 3.05) is 13.1 Å². The number of alkyl halides is 1. The van der Waals surface area contributed by atoms with E-state index in [1.165, 1.54) is 24.0 Å². The van der Waals surface area contributed by atoms with E-state index >= 15 is 0 Å². The van der Waals surface area contributed by atoms with Crippen molar-refractivity contribution in [2.24, 2.45) is 5.92 Å². The minimum atomic E-state index is 0.200. The molecule has 0 aromatic heterocycles. The third kappa shape index (κ3) is 2.58. The van der Waals surface area contributed by atoms with E-state index in [0.29, 0.717) is 10.7 Å². The van der Waals surface area contributed by atoms with Gasteiger partial charge in [-0.25, -0.2) is 0 Å². The molecule has 0 spiro atoms. The van der Waals surface area contributed by atoms with Gasteiger partial charge in [0, 0.05) is 23.5 Å². The van der Waals surface area contributed by atoms with Crippen LogP contribution in [0, 0.1) is 5.92 Å². The third-order valence-corrected chi connectivity index (χ3v) is 5.69. The van der Waals surface area contributed by atoms with Gasteiger partial charge >= 0.3 is 0 Å². The molecule has 1 heterocycles. The number of benzene rings is 1. The second-order valence-electron chi connectivity index (χ2n) is 5.87. The molecule has 0 N–H and O–H groups in total. The lowest BCUT2D eigenvalue weighted by molar-refractivity contribution is 0.0706. The maximum atomic E-state index is 12.6. The van der Waals surface area contributed by atoms with Gasteiger partial charge in [0.2, 0.25) is 0 Å². The normalized spacial score (nSPS) is 26.3. The van der Waals surface area contributed by atoms with E-state index in [1.54, 1.807) is 0 Å². The number of aryl methyl sites for hydroxylation is 2. The highest BCUT2D eigenvalue weighted by Gasteiger charge is 2.28. The topological polar surface area (TPSA) is 20.3 Å². The first-order valence-corrected chi connectivity index (χ1v) is 8.12. The average molecular weight is 322 g/mol. The van der Waals surface area contributed by atoms with E-state index < -0.39 is 0 Å². The number of fused-ring (bicyclic) bond motifs is 1. The van der Waals surface area contributed by atoms with Gasteiger partial charge in [0.15, 0.2) is 0 Å². The van der Waals surface area contributed by atoms with Crippen molar-refractivity contribution in [3.05, 3.63) is 34.9 Å². The van der Waals surface area contributed by atoms with E-state index in [4.69, 9.17) is 0 Å². The van der Waals surface area contributed by atoms with Gasteiger partial charge in [-0.05, 0) is 54.9 Å². The van der Waals surface area contributed by atoms with Crippen LogP contribution in [0.5, 0.6) is 0 Å². The first-order chi connectivity index (χ1) is 9.15. The zero-order valence-corrected chi connectivity index (χ0v) is 12.9.